The lowest BCUT2D eigenvalue weighted by Gasteiger charge is -2.20. The van der Waals surface area contributed by atoms with Gasteiger partial charge in [-0.25, -0.2) is 0 Å². The van der Waals surface area contributed by atoms with E-state index in [1.54, 1.807) is 24.3 Å². The first kappa shape index (κ1) is 19.1. The van der Waals surface area contributed by atoms with Gasteiger partial charge in [0.2, 0.25) is 11.8 Å². The third-order valence-corrected chi connectivity index (χ3v) is 3.80. The zero-order chi connectivity index (χ0) is 18.1. The zero-order valence-corrected chi connectivity index (χ0v) is 14.9. The van der Waals surface area contributed by atoms with Crippen molar-refractivity contribution in [1.82, 2.24) is 10.6 Å². The molecule has 0 bridgehead atoms. The Morgan fingerprint density at radius 1 is 0.880 bits per heavy atom. The van der Waals surface area contributed by atoms with Crippen molar-refractivity contribution in [3.63, 3.8) is 0 Å². The van der Waals surface area contributed by atoms with Crippen LogP contribution in [0.4, 0.5) is 0 Å². The molecular weight excluding hydrogens is 363 g/mol. The molecule has 5 nitrogen and oxygen atoms in total. The van der Waals surface area contributed by atoms with Gasteiger partial charge in [-0.3, -0.25) is 9.59 Å². The Labute approximate surface area is 156 Å². The molecule has 0 aliphatic carbocycles. The Kier molecular flexibility index (Phi) is 7.57. The zero-order valence-electron chi connectivity index (χ0n) is 13.4. The molecule has 0 aromatic heterocycles. The highest BCUT2D eigenvalue weighted by atomic mass is 35.5. The van der Waals surface area contributed by atoms with Crippen LogP contribution in [0.2, 0.25) is 0 Å². The van der Waals surface area contributed by atoms with Gasteiger partial charge >= 0.3 is 0 Å². The fraction of sp³-hybridized carbons (Fsp3) is 0.222. The predicted molar refractivity (Wildman–Crippen MR) is 97.7 cm³/mol. The molecular formula is C18H18Cl2N2O3. The topological polar surface area (TPSA) is 67.4 Å². The van der Waals surface area contributed by atoms with E-state index in [4.69, 9.17) is 27.9 Å². The lowest BCUT2D eigenvalue weighted by molar-refractivity contribution is -0.122. The van der Waals surface area contributed by atoms with Crippen LogP contribution in [0.3, 0.4) is 0 Å². The SMILES string of the molecule is O=C(CCl)NC(NC(=O)CCl)c1ccc(OCc2ccccc2)cc1. The first-order valence-corrected chi connectivity index (χ1v) is 8.66. The van der Waals surface area contributed by atoms with Crippen LogP contribution >= 0.6 is 23.2 Å². The average molecular weight is 381 g/mol. The summed E-state index contributed by atoms with van der Waals surface area (Å²) in [4.78, 5) is 23.1. The Bertz CT molecular complexity index is 675. The molecule has 0 atom stereocenters. The van der Waals surface area contributed by atoms with Crippen LogP contribution in [-0.2, 0) is 16.2 Å². The van der Waals surface area contributed by atoms with Crippen LogP contribution < -0.4 is 15.4 Å². The number of carbonyl (C=O) groups is 2. The molecule has 0 radical (unpaired) electrons. The van der Waals surface area contributed by atoms with Crippen molar-refractivity contribution >= 4 is 35.0 Å². The number of hydrogen-bond acceptors (Lipinski definition) is 3. The van der Waals surface area contributed by atoms with E-state index in [1.165, 1.54) is 0 Å². The molecule has 0 aliphatic heterocycles. The van der Waals surface area contributed by atoms with Gasteiger partial charge in [-0.15, -0.1) is 23.2 Å². The van der Waals surface area contributed by atoms with Gasteiger partial charge in [0.25, 0.3) is 0 Å². The second-order valence-corrected chi connectivity index (χ2v) is 5.71. The van der Waals surface area contributed by atoms with E-state index < -0.39 is 18.0 Å². The van der Waals surface area contributed by atoms with Crippen molar-refractivity contribution in [2.75, 3.05) is 11.8 Å². The molecule has 0 fully saturated rings. The number of alkyl halides is 2. The number of carbonyl (C=O) groups excluding carboxylic acids is 2. The molecule has 0 aliphatic rings. The highest BCUT2D eigenvalue weighted by Gasteiger charge is 2.16. The van der Waals surface area contributed by atoms with E-state index >= 15 is 0 Å². The van der Waals surface area contributed by atoms with E-state index in [0.717, 1.165) is 5.56 Å². The Morgan fingerprint density at radius 2 is 1.44 bits per heavy atom. The molecule has 2 aromatic carbocycles. The van der Waals surface area contributed by atoms with Gasteiger partial charge in [0.1, 0.15) is 30.3 Å². The Morgan fingerprint density at radius 3 is 1.96 bits per heavy atom. The van der Waals surface area contributed by atoms with E-state index in [0.29, 0.717) is 17.9 Å². The first-order valence-electron chi connectivity index (χ1n) is 7.59. The maximum absolute atomic E-state index is 11.5. The normalized spacial score (nSPS) is 10.4. The number of rotatable bonds is 8. The molecule has 0 saturated heterocycles. The third kappa shape index (κ3) is 6.29. The summed E-state index contributed by atoms with van der Waals surface area (Å²) in [5.41, 5.74) is 1.75. The van der Waals surface area contributed by atoms with Crippen molar-refractivity contribution in [3.8, 4) is 5.75 Å². The van der Waals surface area contributed by atoms with Crippen molar-refractivity contribution < 1.29 is 14.3 Å². The molecule has 0 unspecified atom stereocenters. The van der Waals surface area contributed by atoms with Crippen LogP contribution in [0, 0.1) is 0 Å². The van der Waals surface area contributed by atoms with Crippen molar-refractivity contribution in [1.29, 1.82) is 0 Å². The van der Waals surface area contributed by atoms with E-state index in [1.807, 2.05) is 30.3 Å². The van der Waals surface area contributed by atoms with Crippen LogP contribution in [0.15, 0.2) is 54.6 Å². The summed E-state index contributed by atoms with van der Waals surface area (Å²) in [5, 5.41) is 5.25. The highest BCUT2D eigenvalue weighted by Crippen LogP contribution is 2.18. The summed E-state index contributed by atoms with van der Waals surface area (Å²) < 4.78 is 5.71. The van der Waals surface area contributed by atoms with Crippen molar-refractivity contribution in [3.05, 3.63) is 65.7 Å². The molecule has 132 valence electrons. The highest BCUT2D eigenvalue weighted by molar-refractivity contribution is 6.27. The minimum absolute atomic E-state index is 0.203. The summed E-state index contributed by atoms with van der Waals surface area (Å²) >= 11 is 11.0. The molecule has 2 rings (SSSR count). The Balaban J connectivity index is 2.03. The predicted octanol–water partition coefficient (Wildman–Crippen LogP) is 2.97. The molecule has 2 N–H and O–H groups in total. The van der Waals surface area contributed by atoms with Crippen LogP contribution in [0.1, 0.15) is 17.3 Å². The summed E-state index contributed by atoms with van der Waals surface area (Å²) in [6, 6.07) is 16.9. The lowest BCUT2D eigenvalue weighted by Crippen LogP contribution is -2.42. The number of nitrogens with one attached hydrogen (secondary N) is 2. The van der Waals surface area contributed by atoms with Crippen molar-refractivity contribution in [2.24, 2.45) is 0 Å². The minimum atomic E-state index is -0.708. The number of halogens is 2. The summed E-state index contributed by atoms with van der Waals surface area (Å²) in [5.74, 6) is -0.521. The number of benzene rings is 2. The maximum atomic E-state index is 11.5. The van der Waals surface area contributed by atoms with Crippen LogP contribution in [-0.4, -0.2) is 23.6 Å². The second-order valence-electron chi connectivity index (χ2n) is 5.18. The van der Waals surface area contributed by atoms with Crippen molar-refractivity contribution in [2.45, 2.75) is 12.8 Å². The van der Waals surface area contributed by atoms with Gasteiger partial charge in [-0.1, -0.05) is 42.5 Å². The molecule has 2 aromatic rings. The van der Waals surface area contributed by atoms with E-state index in [2.05, 4.69) is 10.6 Å². The second kappa shape index (κ2) is 9.91. The van der Waals surface area contributed by atoms with Crippen LogP contribution in [0.5, 0.6) is 5.75 Å². The molecule has 0 spiro atoms. The minimum Gasteiger partial charge on any atom is -0.489 e. The van der Waals surface area contributed by atoms with E-state index in [-0.39, 0.29) is 11.8 Å². The maximum Gasteiger partial charge on any atom is 0.236 e. The van der Waals surface area contributed by atoms with Gasteiger partial charge < -0.3 is 15.4 Å². The summed E-state index contributed by atoms with van der Waals surface area (Å²) in [6.45, 7) is 0.454. The molecule has 7 heteroatoms. The van der Waals surface area contributed by atoms with E-state index in [9.17, 15) is 9.59 Å². The Hall–Kier alpha value is -2.24. The van der Waals surface area contributed by atoms with Gasteiger partial charge in [-0.05, 0) is 23.3 Å². The summed E-state index contributed by atoms with van der Waals surface area (Å²) in [6.07, 6.45) is -0.708. The monoisotopic (exact) mass is 380 g/mol. The fourth-order valence-corrected chi connectivity index (χ4v) is 2.25. The largest absolute Gasteiger partial charge is 0.489 e. The lowest BCUT2D eigenvalue weighted by atomic mass is 10.1. The number of ether oxygens (including phenoxy) is 1. The van der Waals surface area contributed by atoms with Crippen LogP contribution in [0.25, 0.3) is 0 Å². The molecule has 0 heterocycles. The number of hydrogen-bond donors (Lipinski definition) is 2. The fourth-order valence-electron chi connectivity index (χ4n) is 2.10. The van der Waals surface area contributed by atoms with Gasteiger partial charge in [0.05, 0.1) is 0 Å². The number of amides is 2. The first-order chi connectivity index (χ1) is 12.1. The molecule has 25 heavy (non-hydrogen) atoms. The standard InChI is InChI=1S/C18H18Cl2N2O3/c19-10-16(23)21-18(22-17(24)11-20)14-6-8-15(9-7-14)25-12-13-4-2-1-3-5-13/h1-9,18H,10-12H2,(H,21,23)(H,22,24). The summed E-state index contributed by atoms with van der Waals surface area (Å²) in [7, 11) is 0. The third-order valence-electron chi connectivity index (χ3n) is 3.32. The van der Waals surface area contributed by atoms with Gasteiger partial charge in [0, 0.05) is 0 Å². The average Bonchev–Trinajstić information content (AvgIpc) is 2.66. The quantitative estimate of drug-likeness (QED) is 0.546. The van der Waals surface area contributed by atoms with Gasteiger partial charge in [0.15, 0.2) is 0 Å². The van der Waals surface area contributed by atoms with Gasteiger partial charge in [-0.2, -0.15) is 0 Å². The molecule has 0 saturated carbocycles. The smallest absolute Gasteiger partial charge is 0.236 e. The molecule has 2 amide bonds.